The number of para-hydroxylation sites is 1. The van der Waals surface area contributed by atoms with Crippen LogP contribution < -0.4 is 10.1 Å². The molecule has 1 aliphatic rings. The minimum atomic E-state index is -0.488. The molecule has 0 bridgehead atoms. The van der Waals surface area contributed by atoms with Crippen molar-refractivity contribution in [3.63, 3.8) is 0 Å². The van der Waals surface area contributed by atoms with Gasteiger partial charge in [0.1, 0.15) is 18.5 Å². The Morgan fingerprint density at radius 1 is 1.40 bits per heavy atom. The fraction of sp³-hybridized carbons (Fsp3) is 0.625. The van der Waals surface area contributed by atoms with Gasteiger partial charge in [-0.1, -0.05) is 25.1 Å². The lowest BCUT2D eigenvalue weighted by Gasteiger charge is -2.19. The molecule has 0 aromatic heterocycles. The molecule has 1 fully saturated rings. The van der Waals surface area contributed by atoms with Crippen molar-refractivity contribution in [2.24, 2.45) is 5.92 Å². The molecule has 1 aromatic carbocycles. The fourth-order valence-electron chi connectivity index (χ4n) is 2.58. The number of ether oxygens (including phenoxy) is 2. The van der Waals surface area contributed by atoms with Crippen molar-refractivity contribution >= 4 is 0 Å². The standard InChI is InChI=1S/C16H25NO3/c1-2-16-13(8-9-19-16)10-17-11-14(18)12-20-15-6-4-3-5-7-15/h3-7,13-14,16-18H,2,8-12H2,1H3. The molecule has 0 spiro atoms. The number of nitrogens with one attached hydrogen (secondary N) is 1. The normalized spacial score (nSPS) is 23.7. The summed E-state index contributed by atoms with van der Waals surface area (Å²) < 4.78 is 11.2. The van der Waals surface area contributed by atoms with E-state index in [9.17, 15) is 5.11 Å². The van der Waals surface area contributed by atoms with Gasteiger partial charge in [0.15, 0.2) is 0 Å². The van der Waals surface area contributed by atoms with Gasteiger partial charge < -0.3 is 19.9 Å². The predicted molar refractivity (Wildman–Crippen MR) is 79.0 cm³/mol. The molecule has 2 rings (SSSR count). The number of hydrogen-bond acceptors (Lipinski definition) is 4. The van der Waals surface area contributed by atoms with Gasteiger partial charge in [-0.3, -0.25) is 0 Å². The summed E-state index contributed by atoms with van der Waals surface area (Å²) in [7, 11) is 0. The highest BCUT2D eigenvalue weighted by Crippen LogP contribution is 2.22. The zero-order valence-corrected chi connectivity index (χ0v) is 12.1. The lowest BCUT2D eigenvalue weighted by atomic mass is 10.00. The van der Waals surface area contributed by atoms with Gasteiger partial charge in [-0.25, -0.2) is 0 Å². The maximum Gasteiger partial charge on any atom is 0.119 e. The van der Waals surface area contributed by atoms with Crippen LogP contribution in [0.5, 0.6) is 5.75 Å². The zero-order chi connectivity index (χ0) is 14.2. The van der Waals surface area contributed by atoms with Crippen molar-refractivity contribution in [2.75, 3.05) is 26.3 Å². The molecule has 0 saturated carbocycles. The number of aliphatic hydroxyl groups excluding tert-OH is 1. The SMILES string of the molecule is CCC1OCCC1CNCC(O)COc1ccccc1. The minimum absolute atomic E-state index is 0.315. The van der Waals surface area contributed by atoms with Crippen LogP contribution in [0.4, 0.5) is 0 Å². The largest absolute Gasteiger partial charge is 0.491 e. The Bertz CT molecular complexity index is 371. The van der Waals surface area contributed by atoms with Crippen LogP contribution in [0.25, 0.3) is 0 Å². The first kappa shape index (κ1) is 15.3. The van der Waals surface area contributed by atoms with Crippen molar-refractivity contribution in [1.29, 1.82) is 0 Å². The highest BCUT2D eigenvalue weighted by atomic mass is 16.5. The van der Waals surface area contributed by atoms with Gasteiger partial charge in [0.2, 0.25) is 0 Å². The first-order valence-electron chi connectivity index (χ1n) is 7.47. The predicted octanol–water partition coefficient (Wildman–Crippen LogP) is 1.83. The topological polar surface area (TPSA) is 50.7 Å². The quantitative estimate of drug-likeness (QED) is 0.762. The smallest absolute Gasteiger partial charge is 0.119 e. The van der Waals surface area contributed by atoms with Gasteiger partial charge in [-0.15, -0.1) is 0 Å². The van der Waals surface area contributed by atoms with E-state index in [1.165, 1.54) is 0 Å². The second kappa shape index (κ2) is 8.25. The van der Waals surface area contributed by atoms with E-state index in [1.807, 2.05) is 30.3 Å². The third kappa shape index (κ3) is 4.78. The van der Waals surface area contributed by atoms with Crippen LogP contribution in [-0.4, -0.2) is 43.6 Å². The van der Waals surface area contributed by atoms with E-state index in [2.05, 4.69) is 12.2 Å². The van der Waals surface area contributed by atoms with Crippen LogP contribution in [0.3, 0.4) is 0 Å². The second-order valence-electron chi connectivity index (χ2n) is 5.30. The van der Waals surface area contributed by atoms with Crippen LogP contribution in [0.1, 0.15) is 19.8 Å². The average molecular weight is 279 g/mol. The molecule has 0 amide bonds. The van der Waals surface area contributed by atoms with Crippen molar-refractivity contribution < 1.29 is 14.6 Å². The highest BCUT2D eigenvalue weighted by molar-refractivity contribution is 5.20. The van der Waals surface area contributed by atoms with Gasteiger partial charge >= 0.3 is 0 Å². The van der Waals surface area contributed by atoms with Gasteiger partial charge in [0, 0.05) is 19.7 Å². The van der Waals surface area contributed by atoms with E-state index in [-0.39, 0.29) is 0 Å². The number of aliphatic hydroxyl groups is 1. The van der Waals surface area contributed by atoms with Crippen LogP contribution in [-0.2, 0) is 4.74 Å². The van der Waals surface area contributed by atoms with Gasteiger partial charge in [-0.2, -0.15) is 0 Å². The first-order chi connectivity index (χ1) is 9.79. The molecule has 112 valence electrons. The molecule has 3 unspecified atom stereocenters. The number of benzene rings is 1. The molecule has 0 aliphatic carbocycles. The Kier molecular flexibility index (Phi) is 6.30. The van der Waals surface area contributed by atoms with E-state index in [0.717, 1.165) is 31.7 Å². The van der Waals surface area contributed by atoms with Crippen molar-refractivity contribution in [2.45, 2.75) is 32.0 Å². The van der Waals surface area contributed by atoms with E-state index in [0.29, 0.717) is 25.2 Å². The molecule has 4 heteroatoms. The van der Waals surface area contributed by atoms with Crippen LogP contribution >= 0.6 is 0 Å². The minimum Gasteiger partial charge on any atom is -0.491 e. The third-order valence-electron chi connectivity index (χ3n) is 3.72. The molecule has 1 heterocycles. The van der Waals surface area contributed by atoms with Crippen molar-refractivity contribution in [3.8, 4) is 5.75 Å². The summed E-state index contributed by atoms with van der Waals surface area (Å²) in [4.78, 5) is 0. The Morgan fingerprint density at radius 3 is 2.95 bits per heavy atom. The zero-order valence-electron chi connectivity index (χ0n) is 12.1. The molecule has 2 N–H and O–H groups in total. The van der Waals surface area contributed by atoms with Gasteiger partial charge in [0.25, 0.3) is 0 Å². The number of hydrogen-bond donors (Lipinski definition) is 2. The summed E-state index contributed by atoms with van der Waals surface area (Å²) in [5, 5.41) is 13.2. The lowest BCUT2D eigenvalue weighted by Crippen LogP contribution is -2.36. The first-order valence-corrected chi connectivity index (χ1v) is 7.47. The van der Waals surface area contributed by atoms with Gasteiger partial charge in [-0.05, 0) is 30.9 Å². The molecule has 20 heavy (non-hydrogen) atoms. The maximum atomic E-state index is 9.89. The summed E-state index contributed by atoms with van der Waals surface area (Å²) in [6.07, 6.45) is 2.06. The summed E-state index contributed by atoms with van der Waals surface area (Å²) >= 11 is 0. The van der Waals surface area contributed by atoms with E-state index >= 15 is 0 Å². The maximum absolute atomic E-state index is 9.89. The van der Waals surface area contributed by atoms with Crippen LogP contribution in [0.2, 0.25) is 0 Å². The molecule has 1 aromatic rings. The van der Waals surface area contributed by atoms with Crippen molar-refractivity contribution in [3.05, 3.63) is 30.3 Å². The number of rotatable bonds is 8. The van der Waals surface area contributed by atoms with Gasteiger partial charge in [0.05, 0.1) is 6.10 Å². The van der Waals surface area contributed by atoms with E-state index in [4.69, 9.17) is 9.47 Å². The molecule has 4 nitrogen and oxygen atoms in total. The third-order valence-corrected chi connectivity index (χ3v) is 3.72. The molecular formula is C16H25NO3. The van der Waals surface area contributed by atoms with E-state index in [1.54, 1.807) is 0 Å². The molecule has 0 radical (unpaired) electrons. The Labute approximate surface area is 121 Å². The Balaban J connectivity index is 1.59. The highest BCUT2D eigenvalue weighted by Gasteiger charge is 2.26. The average Bonchev–Trinajstić information content (AvgIpc) is 2.94. The van der Waals surface area contributed by atoms with E-state index < -0.39 is 6.10 Å². The second-order valence-corrected chi connectivity index (χ2v) is 5.30. The van der Waals surface area contributed by atoms with Crippen LogP contribution in [0.15, 0.2) is 30.3 Å². The fourth-order valence-corrected chi connectivity index (χ4v) is 2.58. The molecule has 1 aliphatic heterocycles. The summed E-state index contributed by atoms with van der Waals surface area (Å²) in [6, 6.07) is 9.57. The molecule has 1 saturated heterocycles. The molecule has 3 atom stereocenters. The Morgan fingerprint density at radius 2 is 2.20 bits per heavy atom. The summed E-state index contributed by atoms with van der Waals surface area (Å²) in [5.41, 5.74) is 0. The monoisotopic (exact) mass is 279 g/mol. The van der Waals surface area contributed by atoms with Crippen LogP contribution in [0, 0.1) is 5.92 Å². The molecular weight excluding hydrogens is 254 g/mol. The lowest BCUT2D eigenvalue weighted by molar-refractivity contribution is 0.0823. The summed E-state index contributed by atoms with van der Waals surface area (Å²) in [5.74, 6) is 1.36. The summed E-state index contributed by atoms with van der Waals surface area (Å²) in [6.45, 7) is 4.80. The Hall–Kier alpha value is -1.10. The van der Waals surface area contributed by atoms with Crippen molar-refractivity contribution in [1.82, 2.24) is 5.32 Å².